The maximum absolute atomic E-state index is 8.47. The van der Waals surface area contributed by atoms with Gasteiger partial charge in [-0.3, -0.25) is 0 Å². The molecule has 0 bridgehead atoms. The van der Waals surface area contributed by atoms with Gasteiger partial charge in [0, 0.05) is 28.8 Å². The molecule has 1 heterocycles. The van der Waals surface area contributed by atoms with E-state index in [0.717, 1.165) is 23.2 Å². The second kappa shape index (κ2) is 5.03. The minimum Gasteiger partial charge on any atom is -0.493 e. The summed E-state index contributed by atoms with van der Waals surface area (Å²) in [4.78, 5) is 3.39. The SMILES string of the molecule is N#CCCCOc1ccc2c(c1)[nH]c1ccccc12. The molecule has 0 aliphatic heterocycles. The minimum atomic E-state index is 0.536. The van der Waals surface area contributed by atoms with Crippen LogP contribution in [0.15, 0.2) is 42.5 Å². The topological polar surface area (TPSA) is 48.8 Å². The summed E-state index contributed by atoms with van der Waals surface area (Å²) < 4.78 is 5.64. The normalized spacial score (nSPS) is 10.7. The zero-order chi connectivity index (χ0) is 13.1. The van der Waals surface area contributed by atoms with Crippen molar-refractivity contribution in [1.29, 1.82) is 5.26 Å². The first-order valence-corrected chi connectivity index (χ1v) is 6.39. The number of unbranched alkanes of at least 4 members (excludes halogenated alkanes) is 1. The van der Waals surface area contributed by atoms with E-state index in [2.05, 4.69) is 29.3 Å². The number of benzene rings is 2. The molecule has 0 saturated carbocycles. The molecule has 0 atom stereocenters. The van der Waals surface area contributed by atoms with Crippen molar-refractivity contribution < 1.29 is 4.74 Å². The number of nitriles is 1. The van der Waals surface area contributed by atoms with Crippen molar-refractivity contribution >= 4 is 21.8 Å². The Labute approximate surface area is 111 Å². The second-order valence-electron chi connectivity index (χ2n) is 4.49. The molecule has 0 aliphatic carbocycles. The number of para-hydroxylation sites is 1. The fraction of sp³-hybridized carbons (Fsp3) is 0.188. The number of fused-ring (bicyclic) bond motifs is 3. The summed E-state index contributed by atoms with van der Waals surface area (Å²) in [6.45, 7) is 0.583. The third kappa shape index (κ3) is 2.25. The number of aromatic amines is 1. The van der Waals surface area contributed by atoms with Gasteiger partial charge in [0.05, 0.1) is 18.2 Å². The lowest BCUT2D eigenvalue weighted by molar-refractivity contribution is 0.313. The number of H-pyrrole nitrogens is 1. The molecule has 2 aromatic carbocycles. The average Bonchev–Trinajstić information content (AvgIpc) is 2.81. The number of nitrogens with zero attached hydrogens (tertiary/aromatic N) is 1. The smallest absolute Gasteiger partial charge is 0.121 e. The lowest BCUT2D eigenvalue weighted by atomic mass is 10.1. The summed E-state index contributed by atoms with van der Waals surface area (Å²) in [5.74, 6) is 0.844. The molecule has 94 valence electrons. The average molecular weight is 250 g/mol. The van der Waals surface area contributed by atoms with Gasteiger partial charge in [-0.1, -0.05) is 18.2 Å². The first kappa shape index (κ1) is 11.6. The summed E-state index contributed by atoms with van der Waals surface area (Å²) in [7, 11) is 0. The van der Waals surface area contributed by atoms with Crippen LogP contribution < -0.4 is 4.74 Å². The molecule has 0 radical (unpaired) electrons. The molecule has 3 aromatic rings. The molecule has 0 fully saturated rings. The third-order valence-corrected chi connectivity index (χ3v) is 3.18. The van der Waals surface area contributed by atoms with E-state index in [1.807, 2.05) is 24.3 Å². The highest BCUT2D eigenvalue weighted by Crippen LogP contribution is 2.28. The molecule has 1 aromatic heterocycles. The molecule has 3 heteroatoms. The quantitative estimate of drug-likeness (QED) is 0.711. The lowest BCUT2D eigenvalue weighted by Gasteiger charge is -2.04. The van der Waals surface area contributed by atoms with Gasteiger partial charge in [0.25, 0.3) is 0 Å². The van der Waals surface area contributed by atoms with E-state index in [4.69, 9.17) is 10.00 Å². The molecule has 19 heavy (non-hydrogen) atoms. The van der Waals surface area contributed by atoms with Gasteiger partial charge in [0.1, 0.15) is 5.75 Å². The van der Waals surface area contributed by atoms with E-state index in [9.17, 15) is 0 Å². The first-order chi connectivity index (χ1) is 9.38. The summed E-state index contributed by atoms with van der Waals surface area (Å²) in [5.41, 5.74) is 2.22. The van der Waals surface area contributed by atoms with Crippen molar-refractivity contribution in [3.05, 3.63) is 42.5 Å². The monoisotopic (exact) mass is 250 g/mol. The van der Waals surface area contributed by atoms with Crippen molar-refractivity contribution in [3.63, 3.8) is 0 Å². The Morgan fingerprint density at radius 2 is 1.89 bits per heavy atom. The van der Waals surface area contributed by atoms with Gasteiger partial charge in [-0.25, -0.2) is 0 Å². The molecule has 0 amide bonds. The van der Waals surface area contributed by atoms with Crippen LogP contribution in [0.5, 0.6) is 5.75 Å². The maximum atomic E-state index is 8.47. The Hall–Kier alpha value is -2.47. The highest BCUT2D eigenvalue weighted by atomic mass is 16.5. The van der Waals surface area contributed by atoms with Crippen LogP contribution in [-0.4, -0.2) is 11.6 Å². The number of ether oxygens (including phenoxy) is 1. The second-order valence-corrected chi connectivity index (χ2v) is 4.49. The van der Waals surface area contributed by atoms with Gasteiger partial charge < -0.3 is 9.72 Å². The van der Waals surface area contributed by atoms with Crippen molar-refractivity contribution in [2.75, 3.05) is 6.61 Å². The zero-order valence-corrected chi connectivity index (χ0v) is 10.5. The van der Waals surface area contributed by atoms with E-state index in [0.29, 0.717) is 13.0 Å². The van der Waals surface area contributed by atoms with Crippen LogP contribution >= 0.6 is 0 Å². The van der Waals surface area contributed by atoms with Gasteiger partial charge >= 0.3 is 0 Å². The van der Waals surface area contributed by atoms with E-state index < -0.39 is 0 Å². The summed E-state index contributed by atoms with van der Waals surface area (Å²) >= 11 is 0. The van der Waals surface area contributed by atoms with Crippen molar-refractivity contribution in [2.24, 2.45) is 0 Å². The van der Waals surface area contributed by atoms with Crippen LogP contribution in [0.25, 0.3) is 21.8 Å². The number of hydrogen-bond donors (Lipinski definition) is 1. The Balaban J connectivity index is 1.89. The number of nitrogens with one attached hydrogen (secondary N) is 1. The van der Waals surface area contributed by atoms with Crippen LogP contribution in [-0.2, 0) is 0 Å². The summed E-state index contributed by atoms with van der Waals surface area (Å²) in [5, 5.41) is 10.9. The summed E-state index contributed by atoms with van der Waals surface area (Å²) in [6.07, 6.45) is 1.30. The van der Waals surface area contributed by atoms with Gasteiger partial charge in [-0.15, -0.1) is 0 Å². The van der Waals surface area contributed by atoms with Crippen LogP contribution in [0.4, 0.5) is 0 Å². The van der Waals surface area contributed by atoms with E-state index in [1.54, 1.807) is 0 Å². The zero-order valence-electron chi connectivity index (χ0n) is 10.5. The van der Waals surface area contributed by atoms with E-state index in [-0.39, 0.29) is 0 Å². The molecule has 0 saturated heterocycles. The van der Waals surface area contributed by atoms with Gasteiger partial charge in [0.15, 0.2) is 0 Å². The van der Waals surface area contributed by atoms with Crippen molar-refractivity contribution in [2.45, 2.75) is 12.8 Å². The van der Waals surface area contributed by atoms with Crippen LogP contribution in [0.3, 0.4) is 0 Å². The predicted octanol–water partition coefficient (Wildman–Crippen LogP) is 4.00. The summed E-state index contributed by atoms with van der Waals surface area (Å²) in [6, 6.07) is 16.4. The Bertz CT molecular complexity index is 752. The standard InChI is InChI=1S/C16H14N2O/c17-9-3-4-10-19-12-7-8-14-13-5-1-2-6-15(13)18-16(14)11-12/h1-2,5-8,11,18H,3-4,10H2. The van der Waals surface area contributed by atoms with E-state index in [1.165, 1.54) is 10.8 Å². The highest BCUT2D eigenvalue weighted by molar-refractivity contribution is 6.07. The minimum absolute atomic E-state index is 0.536. The van der Waals surface area contributed by atoms with Crippen molar-refractivity contribution in [1.82, 2.24) is 4.98 Å². The van der Waals surface area contributed by atoms with Gasteiger partial charge in [-0.05, 0) is 24.6 Å². The first-order valence-electron chi connectivity index (χ1n) is 6.39. The fourth-order valence-electron chi connectivity index (χ4n) is 2.26. The molecule has 0 aliphatic rings. The molecule has 3 nitrogen and oxygen atoms in total. The largest absolute Gasteiger partial charge is 0.493 e. The highest BCUT2D eigenvalue weighted by Gasteiger charge is 2.04. The molecule has 0 spiro atoms. The maximum Gasteiger partial charge on any atom is 0.121 e. The predicted molar refractivity (Wildman–Crippen MR) is 76.1 cm³/mol. The molecular weight excluding hydrogens is 236 g/mol. The Morgan fingerprint density at radius 3 is 2.79 bits per heavy atom. The van der Waals surface area contributed by atoms with E-state index >= 15 is 0 Å². The van der Waals surface area contributed by atoms with Gasteiger partial charge in [0.2, 0.25) is 0 Å². The van der Waals surface area contributed by atoms with Crippen molar-refractivity contribution in [3.8, 4) is 11.8 Å². The van der Waals surface area contributed by atoms with Crippen LogP contribution in [0, 0.1) is 11.3 Å². The molecule has 0 unspecified atom stereocenters. The van der Waals surface area contributed by atoms with Crippen LogP contribution in [0.2, 0.25) is 0 Å². The number of hydrogen-bond acceptors (Lipinski definition) is 2. The number of rotatable bonds is 4. The molecular formula is C16H14N2O. The fourth-order valence-corrected chi connectivity index (χ4v) is 2.26. The third-order valence-electron chi connectivity index (χ3n) is 3.18. The molecule has 3 rings (SSSR count). The molecule has 1 N–H and O–H groups in total. The van der Waals surface area contributed by atoms with Crippen LogP contribution in [0.1, 0.15) is 12.8 Å². The number of aromatic nitrogens is 1. The Kier molecular flexibility index (Phi) is 3.07. The van der Waals surface area contributed by atoms with Gasteiger partial charge in [-0.2, -0.15) is 5.26 Å². The lowest BCUT2D eigenvalue weighted by Crippen LogP contribution is -1.96. The Morgan fingerprint density at radius 1 is 1.05 bits per heavy atom.